The van der Waals surface area contributed by atoms with Gasteiger partial charge < -0.3 is 9.80 Å². The molecule has 17 heavy (non-hydrogen) atoms. The Morgan fingerprint density at radius 2 is 1.18 bits per heavy atom. The fraction of sp³-hybridized carbons (Fsp3) is 0.733. The Bertz CT molecular complexity index is 318. The summed E-state index contributed by atoms with van der Waals surface area (Å²) in [4.78, 5) is 4.51. The predicted molar refractivity (Wildman–Crippen MR) is 73.5 cm³/mol. The standard InChI is InChI=1S/C15H26N2/c1-10-12(8-14(10)16(3)4)7-13-9-15(11(13)2)17(5)6/h8-13H,7H2,1-6H3. The van der Waals surface area contributed by atoms with Crippen molar-refractivity contribution in [3.8, 4) is 0 Å². The van der Waals surface area contributed by atoms with Gasteiger partial charge in [-0.15, -0.1) is 0 Å². The largest absolute Gasteiger partial charge is 0.381 e. The Balaban J connectivity index is 1.90. The van der Waals surface area contributed by atoms with Crippen LogP contribution >= 0.6 is 0 Å². The zero-order valence-electron chi connectivity index (χ0n) is 12.1. The third kappa shape index (κ3) is 2.10. The number of nitrogens with zero attached hydrogens (tertiary/aromatic N) is 2. The summed E-state index contributed by atoms with van der Waals surface area (Å²) in [6.45, 7) is 4.72. The molecule has 2 aliphatic rings. The van der Waals surface area contributed by atoms with Crippen LogP contribution in [0.4, 0.5) is 0 Å². The maximum absolute atomic E-state index is 2.46. The van der Waals surface area contributed by atoms with Gasteiger partial charge in [0, 0.05) is 51.4 Å². The van der Waals surface area contributed by atoms with E-state index in [-0.39, 0.29) is 0 Å². The zero-order chi connectivity index (χ0) is 12.7. The van der Waals surface area contributed by atoms with Crippen LogP contribution < -0.4 is 0 Å². The van der Waals surface area contributed by atoms with Crippen LogP contribution in [0.5, 0.6) is 0 Å². The Morgan fingerprint density at radius 1 is 0.824 bits per heavy atom. The topological polar surface area (TPSA) is 6.48 Å². The first-order valence-corrected chi connectivity index (χ1v) is 6.70. The highest BCUT2D eigenvalue weighted by Gasteiger charge is 2.36. The van der Waals surface area contributed by atoms with Gasteiger partial charge in [0.15, 0.2) is 0 Å². The van der Waals surface area contributed by atoms with Crippen LogP contribution in [-0.4, -0.2) is 38.0 Å². The smallest absolute Gasteiger partial charge is 0.0125 e. The normalized spacial score (nSPS) is 35.4. The van der Waals surface area contributed by atoms with E-state index in [0.29, 0.717) is 0 Å². The van der Waals surface area contributed by atoms with E-state index in [1.54, 1.807) is 0 Å². The molecular formula is C15H26N2. The van der Waals surface area contributed by atoms with Crippen LogP contribution in [0.2, 0.25) is 0 Å². The molecule has 0 spiro atoms. The molecule has 0 heterocycles. The molecule has 4 atom stereocenters. The van der Waals surface area contributed by atoms with Gasteiger partial charge in [0.25, 0.3) is 0 Å². The Morgan fingerprint density at radius 3 is 1.41 bits per heavy atom. The molecule has 0 aromatic heterocycles. The SMILES string of the molecule is CC1C(N(C)C)=CC1CC1C=C(N(C)C)C1C. The second-order valence-corrected chi connectivity index (χ2v) is 6.11. The number of hydrogen-bond donors (Lipinski definition) is 0. The van der Waals surface area contributed by atoms with Gasteiger partial charge in [-0.3, -0.25) is 0 Å². The predicted octanol–water partition coefficient (Wildman–Crippen LogP) is 2.80. The van der Waals surface area contributed by atoms with Gasteiger partial charge >= 0.3 is 0 Å². The van der Waals surface area contributed by atoms with E-state index in [4.69, 9.17) is 0 Å². The van der Waals surface area contributed by atoms with Gasteiger partial charge in [-0.1, -0.05) is 26.0 Å². The summed E-state index contributed by atoms with van der Waals surface area (Å²) >= 11 is 0. The summed E-state index contributed by atoms with van der Waals surface area (Å²) in [5, 5.41) is 0. The van der Waals surface area contributed by atoms with Crippen LogP contribution in [-0.2, 0) is 0 Å². The van der Waals surface area contributed by atoms with Crippen molar-refractivity contribution in [3.63, 3.8) is 0 Å². The highest BCUT2D eigenvalue weighted by Crippen LogP contribution is 2.44. The lowest BCUT2D eigenvalue weighted by molar-refractivity contribution is 0.230. The molecule has 2 aliphatic carbocycles. The second kappa shape index (κ2) is 4.40. The van der Waals surface area contributed by atoms with Gasteiger partial charge in [0.1, 0.15) is 0 Å². The van der Waals surface area contributed by atoms with E-state index in [0.717, 1.165) is 23.7 Å². The summed E-state index contributed by atoms with van der Waals surface area (Å²) in [6, 6.07) is 0. The van der Waals surface area contributed by atoms with Crippen LogP contribution in [0.15, 0.2) is 23.5 Å². The maximum atomic E-state index is 2.46. The third-order valence-corrected chi connectivity index (χ3v) is 4.56. The molecule has 2 heteroatoms. The molecule has 0 saturated heterocycles. The lowest BCUT2D eigenvalue weighted by Crippen LogP contribution is -2.37. The fourth-order valence-corrected chi connectivity index (χ4v) is 3.20. The van der Waals surface area contributed by atoms with E-state index in [1.165, 1.54) is 17.8 Å². The van der Waals surface area contributed by atoms with Gasteiger partial charge in [-0.05, 0) is 18.3 Å². The van der Waals surface area contributed by atoms with Gasteiger partial charge in [-0.2, -0.15) is 0 Å². The summed E-state index contributed by atoms with van der Waals surface area (Å²) in [7, 11) is 8.59. The van der Waals surface area contributed by atoms with Crippen molar-refractivity contribution in [2.24, 2.45) is 23.7 Å². The monoisotopic (exact) mass is 234 g/mol. The fourth-order valence-electron chi connectivity index (χ4n) is 3.20. The van der Waals surface area contributed by atoms with E-state index in [9.17, 15) is 0 Å². The van der Waals surface area contributed by atoms with E-state index >= 15 is 0 Å². The van der Waals surface area contributed by atoms with Crippen LogP contribution in [0.25, 0.3) is 0 Å². The minimum absolute atomic E-state index is 0.744. The van der Waals surface area contributed by atoms with Gasteiger partial charge in [0.2, 0.25) is 0 Å². The van der Waals surface area contributed by atoms with Crippen molar-refractivity contribution in [3.05, 3.63) is 23.5 Å². The summed E-state index contributed by atoms with van der Waals surface area (Å²) in [5.74, 6) is 3.07. The Labute approximate surface area is 106 Å². The van der Waals surface area contributed by atoms with Gasteiger partial charge in [-0.25, -0.2) is 0 Å². The molecule has 2 rings (SSSR count). The van der Waals surface area contributed by atoms with Crippen molar-refractivity contribution in [1.82, 2.24) is 9.80 Å². The zero-order valence-corrected chi connectivity index (χ0v) is 12.1. The molecule has 0 amide bonds. The average Bonchev–Trinajstić information content (AvgIpc) is 2.23. The van der Waals surface area contributed by atoms with Crippen molar-refractivity contribution < 1.29 is 0 Å². The first-order valence-electron chi connectivity index (χ1n) is 6.70. The van der Waals surface area contributed by atoms with Crippen LogP contribution in [0, 0.1) is 23.7 Å². The second-order valence-electron chi connectivity index (χ2n) is 6.11. The molecule has 4 unspecified atom stereocenters. The van der Waals surface area contributed by atoms with Crippen LogP contribution in [0.1, 0.15) is 20.3 Å². The Kier molecular flexibility index (Phi) is 3.24. The molecule has 96 valence electrons. The molecule has 0 aromatic rings. The van der Waals surface area contributed by atoms with Crippen LogP contribution in [0.3, 0.4) is 0 Å². The summed E-state index contributed by atoms with van der Waals surface area (Å²) in [5.41, 5.74) is 3.03. The number of allylic oxidation sites excluding steroid dienone is 4. The molecular weight excluding hydrogens is 208 g/mol. The molecule has 0 aliphatic heterocycles. The quantitative estimate of drug-likeness (QED) is 0.738. The molecule has 0 aromatic carbocycles. The summed E-state index contributed by atoms with van der Waals surface area (Å²) in [6.07, 6.45) is 6.24. The first kappa shape index (κ1) is 12.5. The molecule has 0 fully saturated rings. The highest BCUT2D eigenvalue weighted by molar-refractivity contribution is 5.24. The lowest BCUT2D eigenvalue weighted by Gasteiger charge is -2.44. The highest BCUT2D eigenvalue weighted by atomic mass is 15.1. The molecule has 2 nitrogen and oxygen atoms in total. The maximum Gasteiger partial charge on any atom is 0.0125 e. The summed E-state index contributed by atoms with van der Waals surface area (Å²) < 4.78 is 0. The molecule has 0 N–H and O–H groups in total. The lowest BCUT2D eigenvalue weighted by atomic mass is 9.68. The molecule has 0 radical (unpaired) electrons. The van der Waals surface area contributed by atoms with Crippen molar-refractivity contribution >= 4 is 0 Å². The molecule has 0 bridgehead atoms. The third-order valence-electron chi connectivity index (χ3n) is 4.56. The van der Waals surface area contributed by atoms with Crippen molar-refractivity contribution in [2.75, 3.05) is 28.2 Å². The van der Waals surface area contributed by atoms with Crippen molar-refractivity contribution in [2.45, 2.75) is 20.3 Å². The number of hydrogen-bond acceptors (Lipinski definition) is 2. The van der Waals surface area contributed by atoms with E-state index in [1.807, 2.05) is 0 Å². The number of rotatable bonds is 4. The first-order chi connectivity index (χ1) is 7.91. The Hall–Kier alpha value is -0.920. The van der Waals surface area contributed by atoms with E-state index in [2.05, 4.69) is 64.0 Å². The minimum atomic E-state index is 0.744. The van der Waals surface area contributed by atoms with E-state index < -0.39 is 0 Å². The van der Waals surface area contributed by atoms with Gasteiger partial charge in [0.05, 0.1) is 0 Å². The van der Waals surface area contributed by atoms with Crippen molar-refractivity contribution in [1.29, 1.82) is 0 Å². The minimum Gasteiger partial charge on any atom is -0.381 e. The average molecular weight is 234 g/mol. The molecule has 0 saturated carbocycles.